The number of nitrogen functional groups attached to an aromatic ring is 1. The Kier molecular flexibility index (Phi) is 4.36. The van der Waals surface area contributed by atoms with Crippen LogP contribution in [-0.4, -0.2) is 9.97 Å². The van der Waals surface area contributed by atoms with Crippen molar-refractivity contribution in [3.63, 3.8) is 0 Å². The van der Waals surface area contributed by atoms with Gasteiger partial charge in [-0.15, -0.1) is 0 Å². The number of furan rings is 1. The van der Waals surface area contributed by atoms with Gasteiger partial charge in [0.2, 0.25) is 0 Å². The zero-order chi connectivity index (χ0) is 13.1. The van der Waals surface area contributed by atoms with E-state index in [1.165, 1.54) is 0 Å². The molecule has 0 amide bonds. The van der Waals surface area contributed by atoms with E-state index in [2.05, 4.69) is 54.2 Å². The second-order valence-corrected chi connectivity index (χ2v) is 5.27. The molecule has 0 unspecified atom stereocenters. The lowest BCUT2D eigenvalue weighted by Gasteiger charge is -2.05. The van der Waals surface area contributed by atoms with Crippen LogP contribution in [0.2, 0.25) is 0 Å². The number of hydrogen-bond acceptors (Lipinski definition) is 5. The monoisotopic (exact) mass is 374 g/mol. The van der Waals surface area contributed by atoms with Gasteiger partial charge in [-0.2, -0.15) is 0 Å². The number of halogens is 2. The van der Waals surface area contributed by atoms with Gasteiger partial charge < -0.3 is 9.84 Å². The first-order chi connectivity index (χ1) is 8.63. The number of hydrogen-bond donors (Lipinski definition) is 2. The summed E-state index contributed by atoms with van der Waals surface area (Å²) in [4.78, 5) is 8.73. The molecule has 0 bridgehead atoms. The van der Waals surface area contributed by atoms with Crippen LogP contribution in [0.1, 0.15) is 19.0 Å². The van der Waals surface area contributed by atoms with Crippen LogP contribution in [0, 0.1) is 0 Å². The summed E-state index contributed by atoms with van der Waals surface area (Å²) in [5, 5.41) is 0. The Hall–Kier alpha value is -0.920. The van der Waals surface area contributed by atoms with Gasteiger partial charge in [-0.3, -0.25) is 0 Å². The van der Waals surface area contributed by atoms with E-state index < -0.39 is 0 Å². The number of nitrogens with zero attached hydrogens (tertiary/aromatic N) is 2. The Balaban J connectivity index is 2.45. The van der Waals surface area contributed by atoms with Crippen molar-refractivity contribution in [2.75, 3.05) is 5.43 Å². The molecule has 0 aromatic carbocycles. The minimum absolute atomic E-state index is 0.514. The summed E-state index contributed by atoms with van der Waals surface area (Å²) in [5.74, 6) is 7.08. The normalized spacial score (nSPS) is 10.7. The molecule has 2 heterocycles. The topological polar surface area (TPSA) is 77.0 Å². The Morgan fingerprint density at radius 3 is 2.67 bits per heavy atom. The first kappa shape index (κ1) is 13.5. The molecule has 0 aliphatic heterocycles. The van der Waals surface area contributed by atoms with Gasteiger partial charge in [0.1, 0.15) is 5.82 Å². The van der Waals surface area contributed by atoms with Gasteiger partial charge in [-0.25, -0.2) is 15.8 Å². The van der Waals surface area contributed by atoms with E-state index in [1.54, 1.807) is 0 Å². The first-order valence-corrected chi connectivity index (χ1v) is 7.02. The highest BCUT2D eigenvalue weighted by atomic mass is 79.9. The van der Waals surface area contributed by atoms with Crippen molar-refractivity contribution < 1.29 is 4.42 Å². The van der Waals surface area contributed by atoms with E-state index in [0.29, 0.717) is 22.1 Å². The molecule has 2 rings (SSSR count). The highest BCUT2D eigenvalue weighted by Crippen LogP contribution is 2.31. The molecule has 0 atom stereocenters. The maximum atomic E-state index is 5.51. The Labute approximate surface area is 121 Å². The Morgan fingerprint density at radius 2 is 2.11 bits per heavy atom. The highest BCUT2D eigenvalue weighted by molar-refractivity contribution is 9.13. The fourth-order valence-electron chi connectivity index (χ4n) is 1.52. The van der Waals surface area contributed by atoms with Crippen LogP contribution in [0.15, 0.2) is 25.7 Å². The molecule has 7 heteroatoms. The molecule has 0 spiro atoms. The molecule has 2 aromatic rings. The summed E-state index contributed by atoms with van der Waals surface area (Å²) in [7, 11) is 0. The van der Waals surface area contributed by atoms with Crippen LogP contribution in [0.3, 0.4) is 0 Å². The second-order valence-electron chi connectivity index (χ2n) is 3.69. The molecule has 0 saturated heterocycles. The van der Waals surface area contributed by atoms with Crippen LogP contribution in [0.4, 0.5) is 5.82 Å². The number of anilines is 1. The summed E-state index contributed by atoms with van der Waals surface area (Å²) in [5.41, 5.74) is 3.47. The standard InChI is InChI=1S/C11H12Br2N4O/c1-2-3-6-4-9(17-14)16-11(15-6)8-5-7(12)10(13)18-8/h4-5H,2-3,14H2,1H3,(H,15,16,17). The van der Waals surface area contributed by atoms with Crippen LogP contribution < -0.4 is 11.3 Å². The minimum Gasteiger partial charge on any atom is -0.445 e. The number of rotatable bonds is 4. The van der Waals surface area contributed by atoms with Gasteiger partial charge in [0.05, 0.1) is 4.47 Å². The lowest BCUT2D eigenvalue weighted by molar-refractivity contribution is 0.549. The Morgan fingerprint density at radius 1 is 1.33 bits per heavy atom. The van der Waals surface area contributed by atoms with Crippen molar-refractivity contribution in [1.82, 2.24) is 9.97 Å². The third-order valence-electron chi connectivity index (χ3n) is 2.30. The van der Waals surface area contributed by atoms with Gasteiger partial charge >= 0.3 is 0 Å². The molecular formula is C11H12Br2N4O. The maximum Gasteiger partial charge on any atom is 0.198 e. The minimum atomic E-state index is 0.514. The molecule has 0 radical (unpaired) electrons. The third kappa shape index (κ3) is 2.90. The molecule has 2 aromatic heterocycles. The van der Waals surface area contributed by atoms with Crippen molar-refractivity contribution in [1.29, 1.82) is 0 Å². The van der Waals surface area contributed by atoms with E-state index in [1.807, 2.05) is 12.1 Å². The Bertz CT molecular complexity index is 536. The number of nitrogens with two attached hydrogens (primary N) is 1. The molecular weight excluding hydrogens is 364 g/mol. The third-order valence-corrected chi connectivity index (χ3v) is 4.01. The quantitative estimate of drug-likeness (QED) is 0.631. The van der Waals surface area contributed by atoms with Crippen LogP contribution in [0.25, 0.3) is 11.6 Å². The fourth-order valence-corrected chi connectivity index (χ4v) is 2.10. The van der Waals surface area contributed by atoms with E-state index in [9.17, 15) is 0 Å². The van der Waals surface area contributed by atoms with E-state index in [-0.39, 0.29) is 0 Å². The molecule has 96 valence electrons. The smallest absolute Gasteiger partial charge is 0.198 e. The molecule has 3 N–H and O–H groups in total. The van der Waals surface area contributed by atoms with Gasteiger partial charge in [-0.05, 0) is 38.3 Å². The number of hydrazine groups is 1. The second kappa shape index (κ2) is 5.81. The predicted molar refractivity (Wildman–Crippen MR) is 76.9 cm³/mol. The van der Waals surface area contributed by atoms with Crippen molar-refractivity contribution in [3.05, 3.63) is 27.0 Å². The molecule has 5 nitrogen and oxygen atoms in total. The van der Waals surface area contributed by atoms with Crippen LogP contribution in [0.5, 0.6) is 0 Å². The summed E-state index contributed by atoms with van der Waals surface area (Å²) in [6.45, 7) is 2.09. The maximum absolute atomic E-state index is 5.51. The van der Waals surface area contributed by atoms with Crippen molar-refractivity contribution >= 4 is 37.7 Å². The zero-order valence-electron chi connectivity index (χ0n) is 9.70. The van der Waals surface area contributed by atoms with E-state index in [0.717, 1.165) is 23.0 Å². The van der Waals surface area contributed by atoms with Crippen molar-refractivity contribution in [2.45, 2.75) is 19.8 Å². The van der Waals surface area contributed by atoms with E-state index in [4.69, 9.17) is 10.3 Å². The first-order valence-electron chi connectivity index (χ1n) is 5.43. The van der Waals surface area contributed by atoms with Gasteiger partial charge in [0.15, 0.2) is 16.3 Å². The summed E-state index contributed by atoms with van der Waals surface area (Å²) < 4.78 is 6.95. The summed E-state index contributed by atoms with van der Waals surface area (Å²) in [6.07, 6.45) is 1.87. The fraction of sp³-hybridized carbons (Fsp3) is 0.273. The molecule has 18 heavy (non-hydrogen) atoms. The summed E-state index contributed by atoms with van der Waals surface area (Å²) in [6, 6.07) is 3.65. The lowest BCUT2D eigenvalue weighted by atomic mass is 10.2. The SMILES string of the molecule is CCCc1cc(NN)nc(-c2cc(Br)c(Br)o2)n1. The lowest BCUT2D eigenvalue weighted by Crippen LogP contribution is -2.10. The van der Waals surface area contributed by atoms with Crippen LogP contribution >= 0.6 is 31.9 Å². The average molecular weight is 376 g/mol. The highest BCUT2D eigenvalue weighted by Gasteiger charge is 2.13. The zero-order valence-corrected chi connectivity index (χ0v) is 12.9. The number of aromatic nitrogens is 2. The van der Waals surface area contributed by atoms with Crippen LogP contribution in [-0.2, 0) is 6.42 Å². The van der Waals surface area contributed by atoms with Crippen molar-refractivity contribution in [2.24, 2.45) is 5.84 Å². The van der Waals surface area contributed by atoms with Crippen molar-refractivity contribution in [3.8, 4) is 11.6 Å². The summed E-state index contributed by atoms with van der Waals surface area (Å²) >= 11 is 6.65. The van der Waals surface area contributed by atoms with Gasteiger partial charge in [0, 0.05) is 17.8 Å². The van der Waals surface area contributed by atoms with E-state index >= 15 is 0 Å². The molecule has 0 saturated carbocycles. The number of aryl methyl sites for hydroxylation is 1. The largest absolute Gasteiger partial charge is 0.445 e. The molecule has 0 fully saturated rings. The average Bonchev–Trinajstić information content (AvgIpc) is 2.70. The van der Waals surface area contributed by atoms with Gasteiger partial charge in [0.25, 0.3) is 0 Å². The molecule has 0 aliphatic rings. The predicted octanol–water partition coefficient (Wildman–Crippen LogP) is 3.50. The number of nitrogens with one attached hydrogen (secondary N) is 1. The molecule has 0 aliphatic carbocycles. The van der Waals surface area contributed by atoms with Gasteiger partial charge in [-0.1, -0.05) is 13.3 Å².